The molecule has 0 aliphatic carbocycles. The SMILES string of the molecule is C[Si](C)=[Zr+2].Cc1cc2c(-c3ccccc3)ccc(-c3ccccc3)c2[cH-]1.Cc1cc2c(-c3ccccc3)ccc(-c3ccccc3)c2[cH-]1.[Cl-].[Cl-]. The Hall–Kier alpha value is -3.78. The maximum absolute atomic E-state index is 2.31. The molecular formula is C46H40Cl2SiZr-2. The molecule has 0 radical (unpaired) electrons. The minimum absolute atomic E-state index is 0. The minimum Gasteiger partial charge on any atom is -1.00 e. The quantitative estimate of drug-likeness (QED) is 0.131. The van der Waals surface area contributed by atoms with Crippen molar-refractivity contribution in [3.8, 4) is 44.5 Å². The summed E-state index contributed by atoms with van der Waals surface area (Å²) in [5.74, 6) is 0. The first-order valence-electron chi connectivity index (χ1n) is 16.5. The van der Waals surface area contributed by atoms with Crippen LogP contribution in [-0.2, 0) is 23.3 Å². The monoisotopic (exact) mass is 780 g/mol. The van der Waals surface area contributed by atoms with E-state index in [9.17, 15) is 0 Å². The molecule has 0 aliphatic rings. The summed E-state index contributed by atoms with van der Waals surface area (Å²) in [7, 11) is 0. The van der Waals surface area contributed by atoms with Gasteiger partial charge in [-0.05, 0) is 11.1 Å². The number of hydrogen-bond donors (Lipinski definition) is 0. The summed E-state index contributed by atoms with van der Waals surface area (Å²) in [6.45, 7) is 8.96. The van der Waals surface area contributed by atoms with E-state index in [2.05, 4.69) is 197 Å². The minimum atomic E-state index is 0. The van der Waals surface area contributed by atoms with Crippen molar-refractivity contribution in [3.05, 3.63) is 181 Å². The van der Waals surface area contributed by atoms with Crippen LogP contribution >= 0.6 is 0 Å². The Balaban J connectivity index is 0.000000196. The van der Waals surface area contributed by atoms with Crippen LogP contribution in [0.4, 0.5) is 0 Å². The van der Waals surface area contributed by atoms with Crippen molar-refractivity contribution in [1.82, 2.24) is 0 Å². The average Bonchev–Trinajstić information content (AvgIpc) is 3.71. The zero-order valence-electron chi connectivity index (χ0n) is 28.9. The zero-order valence-corrected chi connectivity index (χ0v) is 33.9. The van der Waals surface area contributed by atoms with E-state index in [1.807, 2.05) is 0 Å². The number of benzene rings is 6. The van der Waals surface area contributed by atoms with Gasteiger partial charge < -0.3 is 24.8 Å². The molecule has 0 fully saturated rings. The number of fused-ring (bicyclic) bond motifs is 2. The first-order valence-corrected chi connectivity index (χ1v) is 22.7. The average molecular weight is 783 g/mol. The Morgan fingerprint density at radius 3 is 0.920 bits per heavy atom. The maximum atomic E-state index is 2.31. The summed E-state index contributed by atoms with van der Waals surface area (Å²) in [5, 5.41) is 5.35. The smallest absolute Gasteiger partial charge is 0.0279 e. The van der Waals surface area contributed by atoms with Crippen molar-refractivity contribution in [3.63, 3.8) is 0 Å². The van der Waals surface area contributed by atoms with E-state index in [4.69, 9.17) is 0 Å². The van der Waals surface area contributed by atoms with E-state index >= 15 is 0 Å². The molecule has 248 valence electrons. The first kappa shape index (κ1) is 39.0. The summed E-state index contributed by atoms with van der Waals surface area (Å²) in [6.07, 6.45) is 0. The van der Waals surface area contributed by atoms with E-state index in [1.165, 1.54) is 77.2 Å². The van der Waals surface area contributed by atoms with Crippen molar-refractivity contribution in [2.45, 2.75) is 26.9 Å². The van der Waals surface area contributed by atoms with E-state index in [-0.39, 0.29) is 30.2 Å². The van der Waals surface area contributed by atoms with Crippen LogP contribution in [0.5, 0.6) is 0 Å². The molecule has 8 aromatic rings. The third-order valence-electron chi connectivity index (χ3n) is 8.40. The van der Waals surface area contributed by atoms with Gasteiger partial charge in [0.1, 0.15) is 0 Å². The second-order valence-electron chi connectivity index (χ2n) is 12.5. The summed E-state index contributed by atoms with van der Waals surface area (Å²) in [5.41, 5.74) is 13.2. The standard InChI is InChI=1S/2C22H17.C2H6Si.2ClH.Zr/c2*1-16-14-21-19(17-8-4-2-5-9-17)12-13-20(22(21)15-16)18-10-6-3-7-11-18;1-3-2;;;/h2*2-15H,1H3;1-2H3;2*1H;/q2*-1;;;;+2/p-2. The van der Waals surface area contributed by atoms with Crippen molar-refractivity contribution in [2.75, 3.05) is 0 Å². The van der Waals surface area contributed by atoms with E-state index in [0.717, 1.165) is 0 Å². The van der Waals surface area contributed by atoms with Gasteiger partial charge in [-0.15, -0.1) is 44.8 Å². The Morgan fingerprint density at radius 2 is 0.640 bits per heavy atom. The second kappa shape index (κ2) is 18.5. The van der Waals surface area contributed by atoms with Crippen molar-refractivity contribution >= 4 is 27.0 Å². The van der Waals surface area contributed by atoms with Gasteiger partial charge in [-0.3, -0.25) is 0 Å². The molecule has 50 heavy (non-hydrogen) atoms. The van der Waals surface area contributed by atoms with Crippen molar-refractivity contribution in [1.29, 1.82) is 0 Å². The molecule has 0 heterocycles. The second-order valence-corrected chi connectivity index (χ2v) is 21.9. The Kier molecular flexibility index (Phi) is 14.4. The van der Waals surface area contributed by atoms with Crippen molar-refractivity contribution in [2.24, 2.45) is 0 Å². The predicted molar refractivity (Wildman–Crippen MR) is 208 cm³/mol. The van der Waals surface area contributed by atoms with Gasteiger partial charge in [-0.2, -0.15) is 12.1 Å². The molecule has 0 amide bonds. The van der Waals surface area contributed by atoms with Crippen LogP contribution in [0.2, 0.25) is 13.1 Å². The summed E-state index contributed by atoms with van der Waals surface area (Å²) >= 11 is 1.74. The number of hydrogen-bond acceptors (Lipinski definition) is 0. The van der Waals surface area contributed by atoms with E-state index in [1.54, 1.807) is 23.3 Å². The number of rotatable bonds is 4. The van der Waals surface area contributed by atoms with Crippen LogP contribution in [0.1, 0.15) is 11.1 Å². The van der Waals surface area contributed by atoms with Gasteiger partial charge in [-0.25, -0.2) is 0 Å². The van der Waals surface area contributed by atoms with Gasteiger partial charge in [0.25, 0.3) is 0 Å². The molecule has 4 heteroatoms. The third-order valence-corrected chi connectivity index (χ3v) is 8.40. The molecule has 0 aliphatic heterocycles. The van der Waals surface area contributed by atoms with Gasteiger partial charge in [0.05, 0.1) is 0 Å². The molecule has 0 unspecified atom stereocenters. The van der Waals surface area contributed by atoms with Crippen LogP contribution in [0.3, 0.4) is 0 Å². The van der Waals surface area contributed by atoms with E-state index < -0.39 is 0 Å². The molecule has 0 aromatic heterocycles. The van der Waals surface area contributed by atoms with Gasteiger partial charge >= 0.3 is 41.9 Å². The van der Waals surface area contributed by atoms with Gasteiger partial charge in [-0.1, -0.05) is 193 Å². The van der Waals surface area contributed by atoms with Gasteiger partial charge in [0, 0.05) is 0 Å². The van der Waals surface area contributed by atoms with Crippen molar-refractivity contribution < 1.29 is 48.1 Å². The molecule has 8 rings (SSSR count). The summed E-state index contributed by atoms with van der Waals surface area (Å²) in [6, 6.07) is 60.7. The molecule has 0 saturated carbocycles. The Morgan fingerprint density at radius 1 is 0.400 bits per heavy atom. The number of aryl methyl sites for hydroxylation is 2. The molecule has 0 bridgehead atoms. The molecule has 0 atom stereocenters. The normalized spacial score (nSPS) is 10.2. The molecule has 0 spiro atoms. The van der Waals surface area contributed by atoms with Crippen LogP contribution in [0, 0.1) is 13.8 Å². The van der Waals surface area contributed by atoms with Crippen LogP contribution in [0.25, 0.3) is 66.1 Å². The molecule has 0 N–H and O–H groups in total. The first-order chi connectivity index (χ1) is 23.4. The largest absolute Gasteiger partial charge is 1.00 e. The van der Waals surface area contributed by atoms with Gasteiger partial charge in [0.15, 0.2) is 0 Å². The predicted octanol–water partition coefficient (Wildman–Crippen LogP) is 7.19. The van der Waals surface area contributed by atoms with Crippen LogP contribution in [0.15, 0.2) is 170 Å². The zero-order chi connectivity index (χ0) is 33.5. The van der Waals surface area contributed by atoms with Crippen LogP contribution in [-0.4, -0.2) is 5.43 Å². The fourth-order valence-electron chi connectivity index (χ4n) is 6.37. The Labute approximate surface area is 325 Å². The van der Waals surface area contributed by atoms with Crippen LogP contribution < -0.4 is 24.8 Å². The topological polar surface area (TPSA) is 0 Å². The van der Waals surface area contributed by atoms with E-state index in [0.29, 0.717) is 0 Å². The molecule has 8 aromatic carbocycles. The summed E-state index contributed by atoms with van der Waals surface area (Å²) in [4.78, 5) is 0. The molecule has 0 nitrogen and oxygen atoms in total. The fraction of sp³-hybridized carbons (Fsp3) is 0.0870. The number of halogens is 2. The Bertz CT molecular complexity index is 1950. The fourth-order valence-corrected chi connectivity index (χ4v) is 6.37. The third kappa shape index (κ3) is 9.30. The van der Waals surface area contributed by atoms with Gasteiger partial charge in [0.2, 0.25) is 0 Å². The molecule has 0 saturated heterocycles. The maximum Gasteiger partial charge on any atom is -0.0279 e. The summed E-state index contributed by atoms with van der Waals surface area (Å²) < 4.78 is 0. The molecular weight excluding hydrogens is 743 g/mol.